The van der Waals surface area contributed by atoms with Crippen molar-refractivity contribution in [1.29, 1.82) is 0 Å². The third kappa shape index (κ3) is 9.49. The maximum absolute atomic E-state index is 11.4. The van der Waals surface area contributed by atoms with Gasteiger partial charge in [0.1, 0.15) is 31.8 Å². The molecular weight excluding hydrogens is 308 g/mol. The van der Waals surface area contributed by atoms with Crippen LogP contribution in [0.1, 0.15) is 40.5 Å². The van der Waals surface area contributed by atoms with Crippen LogP contribution in [0.5, 0.6) is 0 Å². The molecule has 23 heavy (non-hydrogen) atoms. The summed E-state index contributed by atoms with van der Waals surface area (Å²) in [6.45, 7) is 4.82. The van der Waals surface area contributed by atoms with Crippen molar-refractivity contribution >= 4 is 23.9 Å². The van der Waals surface area contributed by atoms with Gasteiger partial charge in [0.2, 0.25) is 0 Å². The van der Waals surface area contributed by atoms with Gasteiger partial charge in [-0.15, -0.1) is 0 Å². The van der Waals surface area contributed by atoms with Gasteiger partial charge in [-0.3, -0.25) is 19.2 Å². The van der Waals surface area contributed by atoms with Gasteiger partial charge in [0.15, 0.2) is 0 Å². The summed E-state index contributed by atoms with van der Waals surface area (Å²) in [5, 5.41) is 0. The van der Waals surface area contributed by atoms with E-state index in [9.17, 15) is 19.2 Å². The molecule has 0 heterocycles. The first-order valence-corrected chi connectivity index (χ1v) is 7.32. The molecule has 0 rings (SSSR count). The van der Waals surface area contributed by atoms with Crippen LogP contribution in [-0.4, -0.2) is 50.3 Å². The lowest BCUT2D eigenvalue weighted by atomic mass is 9.92. The van der Waals surface area contributed by atoms with E-state index in [1.807, 2.05) is 0 Å². The fourth-order valence-corrected chi connectivity index (χ4v) is 1.43. The highest BCUT2D eigenvalue weighted by molar-refractivity contribution is 5.69. The molecule has 0 aliphatic heterocycles. The predicted molar refractivity (Wildman–Crippen MR) is 78.2 cm³/mol. The van der Waals surface area contributed by atoms with Crippen molar-refractivity contribution < 1.29 is 38.1 Å². The Kier molecular flexibility index (Phi) is 9.60. The van der Waals surface area contributed by atoms with E-state index in [1.165, 1.54) is 13.8 Å². The van der Waals surface area contributed by atoms with E-state index in [4.69, 9.17) is 18.9 Å². The monoisotopic (exact) mass is 332 g/mol. The largest absolute Gasteiger partial charge is 0.465 e. The summed E-state index contributed by atoms with van der Waals surface area (Å²) in [5.74, 6) is -2.05. The first-order valence-electron chi connectivity index (χ1n) is 7.32. The Hall–Kier alpha value is -2.12. The molecule has 8 heteroatoms. The molecule has 0 radical (unpaired) electrons. The van der Waals surface area contributed by atoms with Crippen molar-refractivity contribution in [2.75, 3.05) is 26.4 Å². The molecule has 0 aromatic carbocycles. The molecule has 0 fully saturated rings. The maximum Gasteiger partial charge on any atom is 0.305 e. The number of ether oxygens (including phenoxy) is 4. The van der Waals surface area contributed by atoms with Crippen molar-refractivity contribution in [3.05, 3.63) is 0 Å². The number of hydrogen-bond acceptors (Lipinski definition) is 8. The molecule has 132 valence electrons. The molecule has 0 saturated carbocycles. The molecule has 8 nitrogen and oxygen atoms in total. The Morgan fingerprint density at radius 3 is 1.22 bits per heavy atom. The van der Waals surface area contributed by atoms with E-state index in [0.29, 0.717) is 0 Å². The summed E-state index contributed by atoms with van der Waals surface area (Å²) in [7, 11) is 0. The number of carbonyl (C=O) groups is 4. The van der Waals surface area contributed by atoms with Crippen molar-refractivity contribution in [3.63, 3.8) is 0 Å². The van der Waals surface area contributed by atoms with Gasteiger partial charge in [0, 0.05) is 26.7 Å². The molecule has 0 aromatic heterocycles. The summed E-state index contributed by atoms with van der Waals surface area (Å²) >= 11 is 0. The Labute approximate surface area is 135 Å². The lowest BCUT2D eigenvalue weighted by Crippen LogP contribution is -2.43. The Bertz CT molecular complexity index is 389. The maximum atomic E-state index is 11.4. The quantitative estimate of drug-likeness (QED) is 0.431. The van der Waals surface area contributed by atoms with E-state index < -0.39 is 29.3 Å². The summed E-state index contributed by atoms with van der Waals surface area (Å²) in [6, 6.07) is 0. The number of rotatable bonds is 10. The zero-order chi connectivity index (χ0) is 17.9. The zero-order valence-corrected chi connectivity index (χ0v) is 14.0. The van der Waals surface area contributed by atoms with Crippen LogP contribution in [0.15, 0.2) is 0 Å². The minimum absolute atomic E-state index is 0.159. The number of hydrogen-bond donors (Lipinski definition) is 0. The van der Waals surface area contributed by atoms with Gasteiger partial charge in [0.05, 0.1) is 0 Å². The van der Waals surface area contributed by atoms with E-state index in [0.717, 1.165) is 0 Å². The van der Waals surface area contributed by atoms with Crippen LogP contribution in [0, 0.1) is 5.41 Å². The van der Waals surface area contributed by atoms with Crippen LogP contribution >= 0.6 is 0 Å². The molecule has 0 bridgehead atoms. The lowest BCUT2D eigenvalue weighted by Gasteiger charge is -2.31. The van der Waals surface area contributed by atoms with Crippen LogP contribution in [0.4, 0.5) is 0 Å². The van der Waals surface area contributed by atoms with E-state index in [2.05, 4.69) is 0 Å². The first-order chi connectivity index (χ1) is 10.7. The van der Waals surface area contributed by atoms with Gasteiger partial charge in [-0.1, -0.05) is 13.8 Å². The molecule has 0 atom stereocenters. The van der Waals surface area contributed by atoms with Gasteiger partial charge in [-0.2, -0.15) is 0 Å². The van der Waals surface area contributed by atoms with Crippen molar-refractivity contribution in [1.82, 2.24) is 0 Å². The van der Waals surface area contributed by atoms with Crippen molar-refractivity contribution in [3.8, 4) is 0 Å². The SMILES string of the molecule is CCC(=O)OCC(COC(C)=O)(COC(C)=O)COC(=O)CC. The van der Waals surface area contributed by atoms with Gasteiger partial charge >= 0.3 is 23.9 Å². The minimum Gasteiger partial charge on any atom is -0.465 e. The van der Waals surface area contributed by atoms with Crippen LogP contribution in [0.3, 0.4) is 0 Å². The third-order valence-corrected chi connectivity index (χ3v) is 2.82. The normalized spacial score (nSPS) is 10.6. The summed E-state index contributed by atoms with van der Waals surface area (Å²) in [4.78, 5) is 44.9. The summed E-state index contributed by atoms with van der Waals surface area (Å²) in [5.41, 5.74) is -1.15. The average molecular weight is 332 g/mol. The highest BCUT2D eigenvalue weighted by Gasteiger charge is 2.37. The second-order valence-corrected chi connectivity index (χ2v) is 5.09. The summed E-state index contributed by atoms with van der Waals surface area (Å²) < 4.78 is 20.1. The zero-order valence-electron chi connectivity index (χ0n) is 14.0. The molecule has 0 aliphatic carbocycles. The van der Waals surface area contributed by atoms with Crippen LogP contribution in [0.2, 0.25) is 0 Å². The molecule has 0 N–H and O–H groups in total. The van der Waals surface area contributed by atoms with E-state index in [-0.39, 0.29) is 39.3 Å². The van der Waals surface area contributed by atoms with Crippen molar-refractivity contribution in [2.45, 2.75) is 40.5 Å². The summed E-state index contributed by atoms with van der Waals surface area (Å²) in [6.07, 6.45) is 0.317. The lowest BCUT2D eigenvalue weighted by molar-refractivity contribution is -0.169. The average Bonchev–Trinajstić information content (AvgIpc) is 2.52. The number of carbonyl (C=O) groups excluding carboxylic acids is 4. The molecule has 0 aliphatic rings. The molecule has 0 saturated heterocycles. The van der Waals surface area contributed by atoms with Crippen LogP contribution in [0.25, 0.3) is 0 Å². The standard InChI is InChI=1S/C15H24O8/c1-5-13(18)22-9-15(7-20-11(3)16,8-21-12(4)17)10-23-14(19)6-2/h5-10H2,1-4H3. The second-order valence-electron chi connectivity index (χ2n) is 5.09. The van der Waals surface area contributed by atoms with Gasteiger partial charge in [0.25, 0.3) is 0 Å². The van der Waals surface area contributed by atoms with E-state index >= 15 is 0 Å². The Morgan fingerprint density at radius 1 is 0.652 bits per heavy atom. The van der Waals surface area contributed by atoms with Gasteiger partial charge < -0.3 is 18.9 Å². The highest BCUT2D eigenvalue weighted by atomic mass is 16.6. The molecule has 0 unspecified atom stereocenters. The molecule has 0 amide bonds. The Morgan fingerprint density at radius 2 is 0.957 bits per heavy atom. The fraction of sp³-hybridized carbons (Fsp3) is 0.733. The molecule has 0 aromatic rings. The minimum atomic E-state index is -1.15. The van der Waals surface area contributed by atoms with E-state index in [1.54, 1.807) is 13.8 Å². The predicted octanol–water partition coefficient (Wildman–Crippen LogP) is 1.01. The number of esters is 4. The Balaban J connectivity index is 5.12. The first kappa shape index (κ1) is 20.9. The van der Waals surface area contributed by atoms with Crippen LogP contribution < -0.4 is 0 Å². The van der Waals surface area contributed by atoms with Crippen LogP contribution in [-0.2, 0) is 38.1 Å². The third-order valence-electron chi connectivity index (χ3n) is 2.82. The molecular formula is C15H24O8. The molecule has 0 spiro atoms. The van der Waals surface area contributed by atoms with Gasteiger partial charge in [-0.05, 0) is 0 Å². The second kappa shape index (κ2) is 10.6. The fourth-order valence-electron chi connectivity index (χ4n) is 1.43. The van der Waals surface area contributed by atoms with Crippen molar-refractivity contribution in [2.24, 2.45) is 5.41 Å². The smallest absolute Gasteiger partial charge is 0.305 e. The topological polar surface area (TPSA) is 105 Å². The van der Waals surface area contributed by atoms with Gasteiger partial charge in [-0.25, -0.2) is 0 Å². The highest BCUT2D eigenvalue weighted by Crippen LogP contribution is 2.21.